The maximum Gasteiger partial charge on any atom is 0.265 e. The highest BCUT2D eigenvalue weighted by molar-refractivity contribution is 9.10. The summed E-state index contributed by atoms with van der Waals surface area (Å²) in [6, 6.07) is 3.22. The maximum absolute atomic E-state index is 11.6. The Labute approximate surface area is 133 Å². The predicted molar refractivity (Wildman–Crippen MR) is 83.1 cm³/mol. The molecule has 0 bridgehead atoms. The van der Waals surface area contributed by atoms with E-state index in [1.54, 1.807) is 20.1 Å². The molecule has 0 aliphatic heterocycles. The van der Waals surface area contributed by atoms with Crippen LogP contribution < -0.4 is 4.74 Å². The van der Waals surface area contributed by atoms with Crippen molar-refractivity contribution in [3.63, 3.8) is 0 Å². The molecule has 0 aliphatic carbocycles. The van der Waals surface area contributed by atoms with Crippen molar-refractivity contribution < 1.29 is 17.9 Å². The minimum atomic E-state index is -3.86. The number of hydrogen-bond donors (Lipinski definition) is 0. The van der Waals surface area contributed by atoms with Gasteiger partial charge >= 0.3 is 0 Å². The van der Waals surface area contributed by atoms with E-state index < -0.39 is 9.05 Å². The Morgan fingerprint density at radius 2 is 1.95 bits per heavy atom. The Morgan fingerprint density at radius 1 is 1.35 bits per heavy atom. The van der Waals surface area contributed by atoms with Crippen LogP contribution in [-0.4, -0.2) is 27.7 Å². The minimum absolute atomic E-state index is 0.0266. The van der Waals surface area contributed by atoms with Crippen LogP contribution in [0.15, 0.2) is 21.5 Å². The van der Waals surface area contributed by atoms with Crippen molar-refractivity contribution in [2.45, 2.75) is 37.7 Å². The molecule has 0 saturated heterocycles. The summed E-state index contributed by atoms with van der Waals surface area (Å²) in [7, 11) is 3.21. The molecule has 0 amide bonds. The SMILES string of the molecule is COC(C)(C)CCOc1c(C)cc(Br)cc1S(=O)(=O)Cl. The van der Waals surface area contributed by atoms with E-state index in [2.05, 4.69) is 15.9 Å². The van der Waals surface area contributed by atoms with Crippen LogP contribution in [0.3, 0.4) is 0 Å². The fourth-order valence-corrected chi connectivity index (χ4v) is 3.34. The minimum Gasteiger partial charge on any atom is -0.492 e. The molecule has 7 heteroatoms. The second-order valence-corrected chi connectivity index (χ2v) is 8.50. The zero-order valence-corrected chi connectivity index (χ0v) is 15.0. The fraction of sp³-hybridized carbons (Fsp3) is 0.538. The molecule has 20 heavy (non-hydrogen) atoms. The Kier molecular flexibility index (Phi) is 5.89. The number of rotatable bonds is 6. The molecule has 0 fully saturated rings. The lowest BCUT2D eigenvalue weighted by Crippen LogP contribution is -2.25. The van der Waals surface area contributed by atoms with Gasteiger partial charge in [0.2, 0.25) is 0 Å². The van der Waals surface area contributed by atoms with Gasteiger partial charge in [-0.05, 0) is 38.5 Å². The predicted octanol–water partition coefficient (Wildman–Crippen LogP) is 3.88. The lowest BCUT2D eigenvalue weighted by atomic mass is 10.1. The van der Waals surface area contributed by atoms with Gasteiger partial charge in [-0.25, -0.2) is 8.42 Å². The van der Waals surface area contributed by atoms with Gasteiger partial charge in [-0.2, -0.15) is 0 Å². The molecule has 1 aromatic carbocycles. The highest BCUT2D eigenvalue weighted by Crippen LogP contribution is 2.34. The van der Waals surface area contributed by atoms with Gasteiger partial charge in [-0.3, -0.25) is 0 Å². The first kappa shape index (κ1) is 17.8. The molecular formula is C13H18BrClO4S. The molecule has 0 atom stereocenters. The van der Waals surface area contributed by atoms with E-state index in [0.717, 1.165) is 0 Å². The van der Waals surface area contributed by atoms with E-state index in [4.69, 9.17) is 20.2 Å². The summed E-state index contributed by atoms with van der Waals surface area (Å²) < 4.78 is 34.8. The Bertz CT molecular complexity index is 584. The molecule has 1 rings (SSSR count). The van der Waals surface area contributed by atoms with Gasteiger partial charge in [0.15, 0.2) is 0 Å². The van der Waals surface area contributed by atoms with Crippen molar-refractivity contribution in [1.29, 1.82) is 0 Å². The smallest absolute Gasteiger partial charge is 0.265 e. The first-order valence-corrected chi connectivity index (χ1v) is 9.10. The van der Waals surface area contributed by atoms with Crippen LogP contribution in [-0.2, 0) is 13.8 Å². The summed E-state index contributed by atoms with van der Waals surface area (Å²) in [5.41, 5.74) is 0.373. The molecule has 0 unspecified atom stereocenters. The average Bonchev–Trinajstić information content (AvgIpc) is 2.30. The molecule has 0 aliphatic rings. The van der Waals surface area contributed by atoms with E-state index in [-0.39, 0.29) is 16.2 Å². The van der Waals surface area contributed by atoms with Crippen molar-refractivity contribution in [2.24, 2.45) is 0 Å². The van der Waals surface area contributed by atoms with Crippen molar-refractivity contribution >= 4 is 35.7 Å². The van der Waals surface area contributed by atoms with Crippen LogP contribution in [0.4, 0.5) is 0 Å². The Hall–Kier alpha value is -0.300. The largest absolute Gasteiger partial charge is 0.492 e. The van der Waals surface area contributed by atoms with Crippen LogP contribution in [0.25, 0.3) is 0 Å². The number of halogens is 2. The van der Waals surface area contributed by atoms with Gasteiger partial charge in [0.05, 0.1) is 12.2 Å². The number of hydrogen-bond acceptors (Lipinski definition) is 4. The summed E-state index contributed by atoms with van der Waals surface area (Å²) in [6.45, 7) is 5.98. The van der Waals surface area contributed by atoms with E-state index >= 15 is 0 Å². The molecule has 0 aromatic heterocycles. The molecule has 0 heterocycles. The molecule has 4 nitrogen and oxygen atoms in total. The lowest BCUT2D eigenvalue weighted by molar-refractivity contribution is 0.00516. The fourth-order valence-electron chi connectivity index (χ4n) is 1.57. The summed E-state index contributed by atoms with van der Waals surface area (Å²) in [6.07, 6.45) is 0.626. The Morgan fingerprint density at radius 3 is 2.45 bits per heavy atom. The third-order valence-electron chi connectivity index (χ3n) is 2.97. The second kappa shape index (κ2) is 6.64. The zero-order valence-electron chi connectivity index (χ0n) is 11.9. The van der Waals surface area contributed by atoms with Gasteiger partial charge in [-0.1, -0.05) is 15.9 Å². The van der Waals surface area contributed by atoms with Gasteiger partial charge in [0, 0.05) is 28.7 Å². The van der Waals surface area contributed by atoms with E-state index in [1.165, 1.54) is 6.07 Å². The van der Waals surface area contributed by atoms with Gasteiger partial charge in [0.1, 0.15) is 10.6 Å². The van der Waals surface area contributed by atoms with E-state index in [0.29, 0.717) is 23.1 Å². The standard InChI is InChI=1S/C13H18BrClO4S/c1-9-7-10(14)8-11(20(15,16)17)12(9)19-6-5-13(2,3)18-4/h7-8H,5-6H2,1-4H3. The second-order valence-electron chi connectivity index (χ2n) is 5.05. The summed E-state index contributed by atoms with van der Waals surface area (Å²) in [5.74, 6) is 0.287. The van der Waals surface area contributed by atoms with Crippen LogP contribution in [0.1, 0.15) is 25.8 Å². The van der Waals surface area contributed by atoms with Gasteiger partial charge < -0.3 is 9.47 Å². The maximum atomic E-state index is 11.6. The number of ether oxygens (including phenoxy) is 2. The third-order valence-corrected chi connectivity index (χ3v) is 4.76. The molecule has 0 N–H and O–H groups in total. The topological polar surface area (TPSA) is 52.6 Å². The zero-order chi connectivity index (χ0) is 15.6. The highest BCUT2D eigenvalue weighted by atomic mass is 79.9. The molecule has 1 aromatic rings. The van der Waals surface area contributed by atoms with Crippen LogP contribution >= 0.6 is 26.6 Å². The van der Waals surface area contributed by atoms with Crippen molar-refractivity contribution in [3.05, 3.63) is 22.2 Å². The van der Waals surface area contributed by atoms with Crippen molar-refractivity contribution in [1.82, 2.24) is 0 Å². The molecule has 0 radical (unpaired) electrons. The molecule has 114 valence electrons. The normalized spacial score (nSPS) is 12.5. The van der Waals surface area contributed by atoms with Crippen molar-refractivity contribution in [3.8, 4) is 5.75 Å². The summed E-state index contributed by atoms with van der Waals surface area (Å²) in [4.78, 5) is -0.0266. The average molecular weight is 386 g/mol. The van der Waals surface area contributed by atoms with Crippen molar-refractivity contribution in [2.75, 3.05) is 13.7 Å². The lowest BCUT2D eigenvalue weighted by Gasteiger charge is -2.23. The van der Waals surface area contributed by atoms with Gasteiger partial charge in [0.25, 0.3) is 9.05 Å². The van der Waals surface area contributed by atoms with Crippen LogP contribution in [0.2, 0.25) is 0 Å². The molecule has 0 saturated carbocycles. The first-order valence-electron chi connectivity index (χ1n) is 5.99. The quantitative estimate of drug-likeness (QED) is 0.697. The monoisotopic (exact) mass is 384 g/mol. The number of aryl methyl sites for hydroxylation is 1. The third kappa shape index (κ3) is 4.91. The van der Waals surface area contributed by atoms with Crippen LogP contribution in [0.5, 0.6) is 5.75 Å². The number of methoxy groups -OCH3 is 1. The molecular weight excluding hydrogens is 368 g/mol. The summed E-state index contributed by atoms with van der Waals surface area (Å²) >= 11 is 3.25. The Balaban J connectivity index is 3.01. The number of benzene rings is 1. The van der Waals surface area contributed by atoms with Crippen LogP contribution in [0, 0.1) is 6.92 Å². The first-order chi connectivity index (χ1) is 9.07. The van der Waals surface area contributed by atoms with E-state index in [9.17, 15) is 8.42 Å². The highest BCUT2D eigenvalue weighted by Gasteiger charge is 2.21. The summed E-state index contributed by atoms with van der Waals surface area (Å²) in [5, 5.41) is 0. The molecule has 0 spiro atoms. The van der Waals surface area contributed by atoms with Gasteiger partial charge in [-0.15, -0.1) is 0 Å². The van der Waals surface area contributed by atoms with E-state index in [1.807, 2.05) is 13.8 Å².